The molecule has 0 radical (unpaired) electrons. The van der Waals surface area contributed by atoms with Gasteiger partial charge in [0.25, 0.3) is 0 Å². The highest BCUT2D eigenvalue weighted by Crippen LogP contribution is 2.29. The average Bonchev–Trinajstić information content (AvgIpc) is 2.78. The lowest BCUT2D eigenvalue weighted by molar-refractivity contribution is 0.412. The second-order valence-corrected chi connectivity index (χ2v) is 5.02. The molecule has 0 bridgehead atoms. The zero-order valence-corrected chi connectivity index (χ0v) is 12.2. The van der Waals surface area contributed by atoms with E-state index < -0.39 is 0 Å². The quantitative estimate of drug-likeness (QED) is 0.941. The minimum absolute atomic E-state index is 0.199. The van der Waals surface area contributed by atoms with E-state index in [2.05, 4.69) is 33.3 Å². The molecule has 0 aliphatic heterocycles. The van der Waals surface area contributed by atoms with Crippen molar-refractivity contribution in [1.82, 2.24) is 9.78 Å². The van der Waals surface area contributed by atoms with Crippen LogP contribution in [0.3, 0.4) is 0 Å². The summed E-state index contributed by atoms with van der Waals surface area (Å²) in [7, 11) is 3.58. The maximum Gasteiger partial charge on any atom is 0.135 e. The van der Waals surface area contributed by atoms with Gasteiger partial charge in [0.15, 0.2) is 0 Å². The molecule has 2 rings (SSSR count). The number of nitrogens with zero attached hydrogens (tertiary/aromatic N) is 2. The number of anilines is 1. The van der Waals surface area contributed by atoms with Crippen molar-refractivity contribution in [2.75, 3.05) is 12.4 Å². The van der Waals surface area contributed by atoms with Crippen LogP contribution in [0.5, 0.6) is 5.75 Å². The third-order valence-electron chi connectivity index (χ3n) is 2.76. The summed E-state index contributed by atoms with van der Waals surface area (Å²) in [6, 6.07) is 6.15. The fourth-order valence-corrected chi connectivity index (χ4v) is 2.16. The second kappa shape index (κ2) is 5.44. The Morgan fingerprint density at radius 3 is 2.83 bits per heavy atom. The monoisotopic (exact) mass is 309 g/mol. The molecule has 1 aromatic carbocycles. The lowest BCUT2D eigenvalue weighted by atomic mass is 10.2. The van der Waals surface area contributed by atoms with E-state index in [0.29, 0.717) is 0 Å². The van der Waals surface area contributed by atoms with Gasteiger partial charge in [-0.1, -0.05) is 0 Å². The number of hydrogen-bond acceptors (Lipinski definition) is 3. The first kappa shape index (κ1) is 13.0. The summed E-state index contributed by atoms with van der Waals surface area (Å²) in [6.45, 7) is 2.10. The molecule has 0 spiro atoms. The van der Waals surface area contributed by atoms with Gasteiger partial charge in [0.05, 0.1) is 23.8 Å². The van der Waals surface area contributed by atoms with Crippen LogP contribution < -0.4 is 10.1 Å². The van der Waals surface area contributed by atoms with Gasteiger partial charge < -0.3 is 10.1 Å². The third-order valence-corrected chi connectivity index (χ3v) is 3.41. The highest BCUT2D eigenvalue weighted by Gasteiger charge is 2.08. The van der Waals surface area contributed by atoms with E-state index in [1.807, 2.05) is 37.6 Å². The summed E-state index contributed by atoms with van der Waals surface area (Å²) in [5.41, 5.74) is 2.17. The normalized spacial score (nSPS) is 12.2. The first-order valence-electron chi connectivity index (χ1n) is 5.69. The predicted octanol–water partition coefficient (Wildman–Crippen LogP) is 3.36. The number of benzene rings is 1. The molecule has 0 fully saturated rings. The van der Waals surface area contributed by atoms with Crippen LogP contribution in [0.2, 0.25) is 0 Å². The maximum atomic E-state index is 5.27. The molecule has 18 heavy (non-hydrogen) atoms. The molecule has 1 heterocycles. The largest absolute Gasteiger partial charge is 0.495 e. The van der Waals surface area contributed by atoms with Crippen LogP contribution in [0, 0.1) is 0 Å². The number of rotatable bonds is 4. The Hall–Kier alpha value is -1.49. The van der Waals surface area contributed by atoms with Crippen LogP contribution in [-0.4, -0.2) is 16.9 Å². The van der Waals surface area contributed by atoms with Gasteiger partial charge in [-0.15, -0.1) is 0 Å². The molecule has 4 nitrogen and oxygen atoms in total. The Morgan fingerprint density at radius 2 is 2.22 bits per heavy atom. The van der Waals surface area contributed by atoms with Gasteiger partial charge in [0, 0.05) is 30.6 Å². The van der Waals surface area contributed by atoms with Gasteiger partial charge >= 0.3 is 0 Å². The molecular weight excluding hydrogens is 294 g/mol. The fourth-order valence-electron chi connectivity index (χ4n) is 1.75. The number of aryl methyl sites for hydroxylation is 1. The average molecular weight is 310 g/mol. The van der Waals surface area contributed by atoms with E-state index >= 15 is 0 Å². The Labute approximate surface area is 115 Å². The van der Waals surface area contributed by atoms with Gasteiger partial charge in [-0.2, -0.15) is 5.10 Å². The standard InChI is InChI=1S/C13H16BrN3O/c1-9(10-7-15-17(2)8-10)16-11-4-5-12(14)13(6-11)18-3/h4-9,16H,1-3H3. The molecule has 0 aliphatic rings. The van der Waals surface area contributed by atoms with Gasteiger partial charge in [0.1, 0.15) is 5.75 Å². The predicted molar refractivity (Wildman–Crippen MR) is 75.9 cm³/mol. The molecule has 0 amide bonds. The number of halogens is 1. The van der Waals surface area contributed by atoms with Gasteiger partial charge in [-0.05, 0) is 35.0 Å². The van der Waals surface area contributed by atoms with E-state index in [9.17, 15) is 0 Å². The smallest absolute Gasteiger partial charge is 0.135 e. The Kier molecular flexibility index (Phi) is 3.91. The molecule has 1 aromatic heterocycles. The van der Waals surface area contributed by atoms with Gasteiger partial charge in [-0.25, -0.2) is 0 Å². The first-order valence-corrected chi connectivity index (χ1v) is 6.48. The van der Waals surface area contributed by atoms with E-state index in [1.165, 1.54) is 0 Å². The Balaban J connectivity index is 2.14. The highest BCUT2D eigenvalue weighted by molar-refractivity contribution is 9.10. The van der Waals surface area contributed by atoms with Crippen molar-refractivity contribution in [2.24, 2.45) is 7.05 Å². The summed E-state index contributed by atoms with van der Waals surface area (Å²) in [6.07, 6.45) is 3.88. The summed E-state index contributed by atoms with van der Waals surface area (Å²) < 4.78 is 8.02. The number of hydrogen-bond donors (Lipinski definition) is 1. The topological polar surface area (TPSA) is 39.1 Å². The van der Waals surface area contributed by atoms with Crippen molar-refractivity contribution in [2.45, 2.75) is 13.0 Å². The molecule has 0 aliphatic carbocycles. The molecule has 1 atom stereocenters. The van der Waals surface area contributed by atoms with Crippen molar-refractivity contribution < 1.29 is 4.74 Å². The van der Waals surface area contributed by atoms with E-state index in [0.717, 1.165) is 21.5 Å². The van der Waals surface area contributed by atoms with Gasteiger partial charge in [0.2, 0.25) is 0 Å². The number of nitrogens with one attached hydrogen (secondary N) is 1. The van der Waals surface area contributed by atoms with E-state index in [1.54, 1.807) is 11.8 Å². The Bertz CT molecular complexity index is 539. The Morgan fingerprint density at radius 1 is 1.44 bits per heavy atom. The third kappa shape index (κ3) is 2.85. The molecule has 5 heteroatoms. The SMILES string of the molecule is COc1cc(NC(C)c2cnn(C)c2)ccc1Br. The lowest BCUT2D eigenvalue weighted by Gasteiger charge is -2.15. The van der Waals surface area contributed by atoms with Crippen LogP contribution >= 0.6 is 15.9 Å². The fraction of sp³-hybridized carbons (Fsp3) is 0.308. The van der Waals surface area contributed by atoms with Crippen LogP contribution in [-0.2, 0) is 7.05 Å². The van der Waals surface area contributed by atoms with Crippen molar-refractivity contribution in [3.05, 3.63) is 40.6 Å². The van der Waals surface area contributed by atoms with Crippen molar-refractivity contribution >= 4 is 21.6 Å². The molecule has 96 valence electrons. The summed E-state index contributed by atoms with van der Waals surface area (Å²) in [4.78, 5) is 0. The van der Waals surface area contributed by atoms with E-state index in [4.69, 9.17) is 4.74 Å². The van der Waals surface area contributed by atoms with Crippen LogP contribution in [0.15, 0.2) is 35.1 Å². The van der Waals surface area contributed by atoms with Crippen molar-refractivity contribution in [3.8, 4) is 5.75 Å². The second-order valence-electron chi connectivity index (χ2n) is 4.16. The molecule has 0 saturated carbocycles. The zero-order valence-electron chi connectivity index (χ0n) is 10.6. The first-order chi connectivity index (χ1) is 8.60. The number of ether oxygens (including phenoxy) is 1. The minimum Gasteiger partial charge on any atom is -0.495 e. The molecule has 1 N–H and O–H groups in total. The van der Waals surface area contributed by atoms with Crippen molar-refractivity contribution in [1.29, 1.82) is 0 Å². The number of methoxy groups -OCH3 is 1. The molecule has 0 saturated heterocycles. The van der Waals surface area contributed by atoms with Gasteiger partial charge in [-0.3, -0.25) is 4.68 Å². The lowest BCUT2D eigenvalue weighted by Crippen LogP contribution is -2.05. The number of aromatic nitrogens is 2. The van der Waals surface area contributed by atoms with Crippen LogP contribution in [0.1, 0.15) is 18.5 Å². The molecular formula is C13H16BrN3O. The van der Waals surface area contributed by atoms with E-state index in [-0.39, 0.29) is 6.04 Å². The highest BCUT2D eigenvalue weighted by atomic mass is 79.9. The van der Waals surface area contributed by atoms with Crippen LogP contribution in [0.25, 0.3) is 0 Å². The maximum absolute atomic E-state index is 5.27. The molecule has 2 aromatic rings. The summed E-state index contributed by atoms with van der Waals surface area (Å²) in [5, 5.41) is 7.59. The molecule has 1 unspecified atom stereocenters. The minimum atomic E-state index is 0.199. The summed E-state index contributed by atoms with van der Waals surface area (Å²) >= 11 is 3.44. The summed E-state index contributed by atoms with van der Waals surface area (Å²) in [5.74, 6) is 0.818. The van der Waals surface area contributed by atoms with Crippen molar-refractivity contribution in [3.63, 3.8) is 0 Å². The van der Waals surface area contributed by atoms with Crippen LogP contribution in [0.4, 0.5) is 5.69 Å². The zero-order chi connectivity index (χ0) is 13.1.